The Morgan fingerprint density at radius 3 is 2.60 bits per heavy atom. The first-order valence-electron chi connectivity index (χ1n) is 4.10. The highest BCUT2D eigenvalue weighted by Crippen LogP contribution is 2.07. The Kier molecular flexibility index (Phi) is 2.98. The topological polar surface area (TPSA) is 121 Å². The van der Waals surface area contributed by atoms with Gasteiger partial charge in [0.05, 0.1) is 18.0 Å². The van der Waals surface area contributed by atoms with Crippen LogP contribution in [0.25, 0.3) is 0 Å². The molecule has 0 aromatic carbocycles. The Hall–Kier alpha value is -1.57. The molecule has 0 radical (unpaired) electrons. The zero-order chi connectivity index (χ0) is 11.6. The maximum Gasteiger partial charge on any atom is 0.271 e. The normalized spacial score (nSPS) is 11.5. The number of anilines is 1. The van der Waals surface area contributed by atoms with Crippen molar-refractivity contribution in [3.63, 3.8) is 0 Å². The number of carbonyl (C=O) groups is 1. The molecule has 4 N–H and O–H groups in total. The minimum atomic E-state index is -3.06. The second kappa shape index (κ2) is 3.89. The van der Waals surface area contributed by atoms with Crippen LogP contribution in [0.15, 0.2) is 6.20 Å². The minimum absolute atomic E-state index is 0.0384. The summed E-state index contributed by atoms with van der Waals surface area (Å²) < 4.78 is 23.0. The van der Waals surface area contributed by atoms with Crippen LogP contribution in [0.5, 0.6) is 0 Å². The van der Waals surface area contributed by atoms with Crippen LogP contribution in [-0.4, -0.2) is 36.1 Å². The molecular weight excluding hydrogens is 220 g/mol. The van der Waals surface area contributed by atoms with Gasteiger partial charge in [-0.1, -0.05) is 0 Å². The smallest absolute Gasteiger partial charge is 0.271 e. The van der Waals surface area contributed by atoms with Gasteiger partial charge in [0, 0.05) is 12.5 Å². The summed E-state index contributed by atoms with van der Waals surface area (Å²) >= 11 is 0. The largest absolute Gasteiger partial charge is 0.396 e. The number of hydrogen-bond donors (Lipinski definition) is 2. The van der Waals surface area contributed by atoms with E-state index < -0.39 is 15.7 Å². The van der Waals surface area contributed by atoms with Gasteiger partial charge in [-0.25, -0.2) is 8.42 Å². The zero-order valence-corrected chi connectivity index (χ0v) is 8.99. The van der Waals surface area contributed by atoms with Gasteiger partial charge in [0.2, 0.25) is 0 Å². The highest BCUT2D eigenvalue weighted by molar-refractivity contribution is 7.90. The van der Waals surface area contributed by atoms with Crippen molar-refractivity contribution < 1.29 is 13.2 Å². The number of rotatable bonds is 4. The minimum Gasteiger partial charge on any atom is -0.396 e. The van der Waals surface area contributed by atoms with Crippen molar-refractivity contribution in [2.75, 3.05) is 17.7 Å². The van der Waals surface area contributed by atoms with Crippen LogP contribution < -0.4 is 11.5 Å². The average molecular weight is 232 g/mol. The summed E-state index contributed by atoms with van der Waals surface area (Å²) in [6.45, 7) is 0.149. The Bertz CT molecular complexity index is 476. The molecule has 8 heteroatoms. The summed E-state index contributed by atoms with van der Waals surface area (Å²) in [6, 6.07) is 0. The van der Waals surface area contributed by atoms with Gasteiger partial charge in [0.1, 0.15) is 9.84 Å². The molecule has 0 bridgehead atoms. The number of primary amides is 1. The summed E-state index contributed by atoms with van der Waals surface area (Å²) in [7, 11) is -3.06. The van der Waals surface area contributed by atoms with E-state index in [9.17, 15) is 13.2 Å². The van der Waals surface area contributed by atoms with Gasteiger partial charge in [0.15, 0.2) is 5.69 Å². The van der Waals surface area contributed by atoms with Crippen LogP contribution in [0, 0.1) is 0 Å². The lowest BCUT2D eigenvalue weighted by Gasteiger charge is -1.98. The van der Waals surface area contributed by atoms with Gasteiger partial charge in [-0.15, -0.1) is 0 Å². The molecule has 0 aliphatic rings. The Balaban J connectivity index is 2.81. The Morgan fingerprint density at radius 1 is 1.60 bits per heavy atom. The highest BCUT2D eigenvalue weighted by Gasteiger charge is 2.12. The second-order valence-corrected chi connectivity index (χ2v) is 5.45. The summed E-state index contributed by atoms with van der Waals surface area (Å²) in [4.78, 5) is 10.8. The number of carbonyl (C=O) groups excluding carboxylic acids is 1. The van der Waals surface area contributed by atoms with Crippen molar-refractivity contribution in [2.45, 2.75) is 6.54 Å². The van der Waals surface area contributed by atoms with Crippen molar-refractivity contribution in [1.82, 2.24) is 9.78 Å². The molecule has 1 aromatic heterocycles. The lowest BCUT2D eigenvalue weighted by atomic mass is 10.4. The van der Waals surface area contributed by atoms with Crippen LogP contribution in [0.3, 0.4) is 0 Å². The predicted octanol–water partition coefficient (Wildman–Crippen LogP) is -1.39. The highest BCUT2D eigenvalue weighted by atomic mass is 32.2. The molecule has 84 valence electrons. The molecule has 0 saturated carbocycles. The lowest BCUT2D eigenvalue weighted by Crippen LogP contribution is -2.15. The zero-order valence-electron chi connectivity index (χ0n) is 8.17. The van der Waals surface area contributed by atoms with Crippen LogP contribution in [-0.2, 0) is 16.4 Å². The second-order valence-electron chi connectivity index (χ2n) is 3.19. The van der Waals surface area contributed by atoms with Crippen LogP contribution in [0.4, 0.5) is 5.69 Å². The van der Waals surface area contributed by atoms with Crippen molar-refractivity contribution >= 4 is 21.4 Å². The average Bonchev–Trinajstić information content (AvgIpc) is 2.42. The molecule has 0 saturated heterocycles. The fourth-order valence-corrected chi connectivity index (χ4v) is 1.52. The number of nitrogens with zero attached hydrogens (tertiary/aromatic N) is 2. The number of hydrogen-bond acceptors (Lipinski definition) is 5. The number of aryl methyl sites for hydroxylation is 1. The van der Waals surface area contributed by atoms with Gasteiger partial charge in [-0.3, -0.25) is 9.48 Å². The van der Waals surface area contributed by atoms with Gasteiger partial charge in [-0.05, 0) is 0 Å². The number of amides is 1. The number of nitrogen functional groups attached to an aromatic ring is 1. The van der Waals surface area contributed by atoms with Crippen LogP contribution in [0.2, 0.25) is 0 Å². The molecule has 0 fully saturated rings. The van der Waals surface area contributed by atoms with Gasteiger partial charge in [-0.2, -0.15) is 5.10 Å². The maximum atomic E-state index is 10.9. The molecule has 0 aliphatic carbocycles. The van der Waals surface area contributed by atoms with E-state index in [0.717, 1.165) is 6.26 Å². The molecule has 0 unspecified atom stereocenters. The molecule has 1 aromatic rings. The molecule has 15 heavy (non-hydrogen) atoms. The third-order valence-corrected chi connectivity index (χ3v) is 2.64. The van der Waals surface area contributed by atoms with Crippen molar-refractivity contribution in [2.24, 2.45) is 5.73 Å². The number of sulfone groups is 1. The monoisotopic (exact) mass is 232 g/mol. The molecule has 1 rings (SSSR count). The van der Waals surface area contributed by atoms with E-state index in [2.05, 4.69) is 5.10 Å². The van der Waals surface area contributed by atoms with Crippen LogP contribution >= 0.6 is 0 Å². The van der Waals surface area contributed by atoms with Crippen molar-refractivity contribution in [3.05, 3.63) is 11.9 Å². The first-order chi connectivity index (χ1) is 6.79. The lowest BCUT2D eigenvalue weighted by molar-refractivity contribution is 0.0995. The fraction of sp³-hybridized carbons (Fsp3) is 0.429. The van der Waals surface area contributed by atoms with Gasteiger partial charge < -0.3 is 11.5 Å². The standard InChI is InChI=1S/C7H12N4O3S/c1-15(13,14)3-2-11-4-5(8)6(10-11)7(9)12/h4H,2-3,8H2,1H3,(H2,9,12). The van der Waals surface area contributed by atoms with E-state index in [-0.39, 0.29) is 23.7 Å². The van der Waals surface area contributed by atoms with Gasteiger partial charge in [0.25, 0.3) is 5.91 Å². The Morgan fingerprint density at radius 2 is 2.20 bits per heavy atom. The third kappa shape index (κ3) is 3.24. The summed E-state index contributed by atoms with van der Waals surface area (Å²) in [5, 5.41) is 3.77. The molecular formula is C7H12N4O3S. The molecule has 0 atom stereocenters. The van der Waals surface area contributed by atoms with E-state index in [1.165, 1.54) is 10.9 Å². The summed E-state index contributed by atoms with van der Waals surface area (Å²) in [5.41, 5.74) is 10.6. The van der Waals surface area contributed by atoms with E-state index in [1.807, 2.05) is 0 Å². The number of nitrogens with two attached hydrogens (primary N) is 2. The molecule has 0 aliphatic heterocycles. The third-order valence-electron chi connectivity index (χ3n) is 1.71. The first kappa shape index (κ1) is 11.5. The van der Waals surface area contributed by atoms with E-state index in [1.54, 1.807) is 0 Å². The quantitative estimate of drug-likeness (QED) is 0.661. The van der Waals surface area contributed by atoms with Crippen molar-refractivity contribution in [1.29, 1.82) is 0 Å². The first-order valence-corrected chi connectivity index (χ1v) is 6.16. The van der Waals surface area contributed by atoms with E-state index in [4.69, 9.17) is 11.5 Å². The van der Waals surface area contributed by atoms with E-state index in [0.29, 0.717) is 0 Å². The molecule has 1 amide bonds. The molecule has 7 nitrogen and oxygen atoms in total. The van der Waals surface area contributed by atoms with Crippen molar-refractivity contribution in [3.8, 4) is 0 Å². The fourth-order valence-electron chi connectivity index (χ4n) is 1.00. The summed E-state index contributed by atoms with van der Waals surface area (Å²) in [5.74, 6) is -0.794. The number of aromatic nitrogens is 2. The maximum absolute atomic E-state index is 10.9. The van der Waals surface area contributed by atoms with Crippen LogP contribution in [0.1, 0.15) is 10.5 Å². The molecule has 0 spiro atoms. The van der Waals surface area contributed by atoms with Gasteiger partial charge >= 0.3 is 0 Å². The molecule has 1 heterocycles. The van der Waals surface area contributed by atoms with E-state index >= 15 is 0 Å². The predicted molar refractivity (Wildman–Crippen MR) is 54.9 cm³/mol. The SMILES string of the molecule is CS(=O)(=O)CCn1cc(N)c(C(N)=O)n1. The summed E-state index contributed by atoms with van der Waals surface area (Å²) in [6.07, 6.45) is 2.50. The Labute approximate surface area is 87.0 Å².